The van der Waals surface area contributed by atoms with Gasteiger partial charge in [-0.2, -0.15) is 0 Å². The first-order valence-corrected chi connectivity index (χ1v) is 6.45. The number of nitrogens with two attached hydrogens (primary N) is 1. The second kappa shape index (κ2) is 7.13. The van der Waals surface area contributed by atoms with E-state index in [9.17, 15) is 0 Å². The lowest BCUT2D eigenvalue weighted by Gasteiger charge is -2.24. The highest BCUT2D eigenvalue weighted by Crippen LogP contribution is 2.16. The first-order valence-electron chi connectivity index (χ1n) is 6.45. The van der Waals surface area contributed by atoms with Gasteiger partial charge in [0.05, 0.1) is 0 Å². The minimum absolute atomic E-state index is 0.237. The molecule has 5 nitrogen and oxygen atoms in total. The molecule has 0 saturated heterocycles. The number of benzene rings is 1. The van der Waals surface area contributed by atoms with Crippen molar-refractivity contribution in [3.8, 4) is 0 Å². The van der Waals surface area contributed by atoms with E-state index in [4.69, 9.17) is 10.9 Å². The maximum absolute atomic E-state index is 8.64. The van der Waals surface area contributed by atoms with Gasteiger partial charge in [-0.05, 0) is 29.8 Å². The second-order valence-corrected chi connectivity index (χ2v) is 4.45. The van der Waals surface area contributed by atoms with E-state index in [0.717, 1.165) is 12.2 Å². The van der Waals surface area contributed by atoms with Gasteiger partial charge >= 0.3 is 0 Å². The maximum atomic E-state index is 8.64. The van der Waals surface area contributed by atoms with Gasteiger partial charge in [-0.25, -0.2) is 0 Å². The van der Waals surface area contributed by atoms with E-state index in [0.29, 0.717) is 13.0 Å². The minimum Gasteiger partial charge on any atom is -0.409 e. The first kappa shape index (κ1) is 13.9. The molecular weight excluding hydrogens is 252 g/mol. The summed E-state index contributed by atoms with van der Waals surface area (Å²) in [6, 6.07) is 14.0. The number of nitrogens with zero attached hydrogens (tertiary/aromatic N) is 3. The van der Waals surface area contributed by atoms with Crippen LogP contribution in [-0.4, -0.2) is 22.6 Å². The third-order valence-electron chi connectivity index (χ3n) is 3.01. The molecule has 0 saturated carbocycles. The van der Waals surface area contributed by atoms with Crippen molar-refractivity contribution in [2.45, 2.75) is 13.0 Å². The van der Waals surface area contributed by atoms with Crippen LogP contribution < -0.4 is 10.6 Å². The second-order valence-electron chi connectivity index (χ2n) is 4.45. The fraction of sp³-hybridized carbons (Fsp3) is 0.200. The summed E-state index contributed by atoms with van der Waals surface area (Å²) in [5, 5.41) is 11.7. The van der Waals surface area contributed by atoms with Crippen LogP contribution in [0.5, 0.6) is 0 Å². The van der Waals surface area contributed by atoms with Gasteiger partial charge in [0.15, 0.2) is 0 Å². The average molecular weight is 270 g/mol. The summed E-state index contributed by atoms with van der Waals surface area (Å²) in [6.45, 7) is 1.44. The minimum atomic E-state index is 0.237. The molecule has 2 aromatic rings. The van der Waals surface area contributed by atoms with Crippen molar-refractivity contribution in [2.24, 2.45) is 10.9 Å². The van der Waals surface area contributed by atoms with E-state index in [2.05, 4.69) is 15.0 Å². The number of rotatable bonds is 6. The van der Waals surface area contributed by atoms with E-state index < -0.39 is 0 Å². The van der Waals surface area contributed by atoms with E-state index in [1.54, 1.807) is 12.4 Å². The van der Waals surface area contributed by atoms with Crippen LogP contribution in [0.1, 0.15) is 12.0 Å². The third-order valence-corrected chi connectivity index (χ3v) is 3.01. The normalized spacial score (nSPS) is 11.3. The highest BCUT2D eigenvalue weighted by atomic mass is 16.4. The standard InChI is InChI=1S/C15H18N4O/c16-15(18-20)8-11-19(14-4-2-1-3-5-14)12-13-6-9-17-10-7-13/h1-7,9-10,20H,8,11-12H2,(H2,16,18). The molecule has 1 aromatic carbocycles. The number of aromatic nitrogens is 1. The fourth-order valence-corrected chi connectivity index (χ4v) is 1.95. The van der Waals surface area contributed by atoms with E-state index in [1.165, 1.54) is 5.56 Å². The van der Waals surface area contributed by atoms with Crippen LogP contribution in [-0.2, 0) is 6.54 Å². The summed E-state index contributed by atoms with van der Waals surface area (Å²) in [6.07, 6.45) is 4.07. The molecule has 5 heteroatoms. The fourth-order valence-electron chi connectivity index (χ4n) is 1.95. The zero-order valence-electron chi connectivity index (χ0n) is 11.2. The van der Waals surface area contributed by atoms with Crippen LogP contribution >= 0.6 is 0 Å². The summed E-state index contributed by atoms with van der Waals surface area (Å²) in [4.78, 5) is 6.21. The van der Waals surface area contributed by atoms with Crippen molar-refractivity contribution in [1.82, 2.24) is 4.98 Å². The Morgan fingerprint density at radius 3 is 2.50 bits per heavy atom. The number of para-hydroxylation sites is 1. The number of hydrogen-bond acceptors (Lipinski definition) is 4. The van der Waals surface area contributed by atoms with Crippen molar-refractivity contribution in [3.63, 3.8) is 0 Å². The number of hydrogen-bond donors (Lipinski definition) is 2. The molecule has 0 aliphatic carbocycles. The molecule has 20 heavy (non-hydrogen) atoms. The molecular formula is C15H18N4O. The van der Waals surface area contributed by atoms with Gasteiger partial charge < -0.3 is 15.8 Å². The Morgan fingerprint density at radius 1 is 1.15 bits per heavy atom. The quantitative estimate of drug-likeness (QED) is 0.365. The lowest BCUT2D eigenvalue weighted by molar-refractivity contribution is 0.317. The molecule has 1 aromatic heterocycles. The Hall–Kier alpha value is -2.56. The zero-order chi connectivity index (χ0) is 14.2. The average Bonchev–Trinajstić information content (AvgIpc) is 2.53. The number of pyridine rings is 1. The molecule has 0 radical (unpaired) electrons. The van der Waals surface area contributed by atoms with Crippen LogP contribution in [0.4, 0.5) is 5.69 Å². The van der Waals surface area contributed by atoms with Gasteiger partial charge in [0.25, 0.3) is 0 Å². The largest absolute Gasteiger partial charge is 0.409 e. The summed E-state index contributed by atoms with van der Waals surface area (Å²) in [5.41, 5.74) is 7.83. The van der Waals surface area contributed by atoms with Crippen LogP contribution in [0.25, 0.3) is 0 Å². The lowest BCUT2D eigenvalue weighted by atomic mass is 10.2. The van der Waals surface area contributed by atoms with E-state index in [1.807, 2.05) is 42.5 Å². The van der Waals surface area contributed by atoms with Gasteiger partial charge in [-0.15, -0.1) is 0 Å². The molecule has 0 atom stereocenters. The van der Waals surface area contributed by atoms with Crippen molar-refractivity contribution in [3.05, 3.63) is 60.4 Å². The number of amidine groups is 1. The van der Waals surface area contributed by atoms with E-state index >= 15 is 0 Å². The van der Waals surface area contributed by atoms with Crippen molar-refractivity contribution < 1.29 is 5.21 Å². The molecule has 0 unspecified atom stereocenters. The predicted octanol–water partition coefficient (Wildman–Crippen LogP) is 2.22. The highest BCUT2D eigenvalue weighted by molar-refractivity contribution is 5.80. The molecule has 0 aliphatic rings. The Morgan fingerprint density at radius 2 is 1.85 bits per heavy atom. The molecule has 0 fully saturated rings. The smallest absolute Gasteiger partial charge is 0.140 e. The molecule has 1 heterocycles. The Bertz CT molecular complexity index is 542. The summed E-state index contributed by atoms with van der Waals surface area (Å²) in [5.74, 6) is 0.237. The monoisotopic (exact) mass is 270 g/mol. The van der Waals surface area contributed by atoms with Crippen LogP contribution in [0, 0.1) is 0 Å². The summed E-state index contributed by atoms with van der Waals surface area (Å²) >= 11 is 0. The van der Waals surface area contributed by atoms with Crippen molar-refractivity contribution in [1.29, 1.82) is 0 Å². The maximum Gasteiger partial charge on any atom is 0.140 e. The number of oxime groups is 1. The predicted molar refractivity (Wildman–Crippen MR) is 79.8 cm³/mol. The van der Waals surface area contributed by atoms with Crippen LogP contribution in [0.3, 0.4) is 0 Å². The zero-order valence-corrected chi connectivity index (χ0v) is 11.2. The van der Waals surface area contributed by atoms with Crippen molar-refractivity contribution in [2.75, 3.05) is 11.4 Å². The van der Waals surface area contributed by atoms with E-state index in [-0.39, 0.29) is 5.84 Å². The lowest BCUT2D eigenvalue weighted by Crippen LogP contribution is -2.27. The molecule has 2 rings (SSSR count). The molecule has 0 amide bonds. The highest BCUT2D eigenvalue weighted by Gasteiger charge is 2.08. The topological polar surface area (TPSA) is 74.7 Å². The van der Waals surface area contributed by atoms with Crippen LogP contribution in [0.15, 0.2) is 60.0 Å². The molecule has 0 bridgehead atoms. The molecule has 0 aliphatic heterocycles. The molecule has 104 valence electrons. The van der Waals surface area contributed by atoms with Crippen molar-refractivity contribution >= 4 is 11.5 Å². The summed E-state index contributed by atoms with van der Waals surface area (Å²) in [7, 11) is 0. The van der Waals surface area contributed by atoms with Gasteiger partial charge in [-0.3, -0.25) is 4.98 Å². The Labute approximate surface area is 118 Å². The van der Waals surface area contributed by atoms with Gasteiger partial charge in [0, 0.05) is 37.6 Å². The first-order chi connectivity index (χ1) is 9.79. The Kier molecular flexibility index (Phi) is 4.94. The Balaban J connectivity index is 2.12. The summed E-state index contributed by atoms with van der Waals surface area (Å²) < 4.78 is 0. The van der Waals surface area contributed by atoms with Crippen LogP contribution in [0.2, 0.25) is 0 Å². The van der Waals surface area contributed by atoms with Gasteiger partial charge in [0.1, 0.15) is 5.84 Å². The van der Waals surface area contributed by atoms with Gasteiger partial charge in [-0.1, -0.05) is 23.4 Å². The SMILES string of the molecule is N/C(CCN(Cc1ccncc1)c1ccccc1)=N\O. The van der Waals surface area contributed by atoms with Gasteiger partial charge in [0.2, 0.25) is 0 Å². The molecule has 3 N–H and O–H groups in total. The third kappa shape index (κ3) is 3.98. The number of anilines is 1. The molecule has 0 spiro atoms.